The summed E-state index contributed by atoms with van der Waals surface area (Å²) in [5.74, 6) is 0. The predicted molar refractivity (Wildman–Crippen MR) is 82.6 cm³/mol. The van der Waals surface area contributed by atoms with Crippen LogP contribution in [0.4, 0.5) is 0 Å². The van der Waals surface area contributed by atoms with Gasteiger partial charge in [0.2, 0.25) is 0 Å². The third-order valence-electron chi connectivity index (χ3n) is 4.04. The number of hydrogen-bond donors (Lipinski definition) is 0. The fraction of sp³-hybridized carbons (Fsp3) is 0.105. The van der Waals surface area contributed by atoms with E-state index in [-0.39, 0.29) is 0 Å². The van der Waals surface area contributed by atoms with Crippen molar-refractivity contribution in [2.75, 3.05) is 0 Å². The van der Waals surface area contributed by atoms with Crippen molar-refractivity contribution in [1.29, 1.82) is 5.26 Å². The predicted octanol–water partition coefficient (Wildman–Crippen LogP) is 4.41. The van der Waals surface area contributed by atoms with Gasteiger partial charge in [-0.1, -0.05) is 36.4 Å². The summed E-state index contributed by atoms with van der Waals surface area (Å²) in [6.45, 7) is 1.32. The summed E-state index contributed by atoms with van der Waals surface area (Å²) < 4.78 is 5.64. The summed E-state index contributed by atoms with van der Waals surface area (Å²) in [5, 5.41) is 11.5. The smallest absolute Gasteiger partial charge is 0.0991 e. The number of ether oxygens (including phenoxy) is 1. The van der Waals surface area contributed by atoms with Gasteiger partial charge in [0.05, 0.1) is 24.8 Å². The first-order valence-electron chi connectivity index (χ1n) is 6.98. The average molecular weight is 271 g/mol. The van der Waals surface area contributed by atoms with Gasteiger partial charge in [0, 0.05) is 0 Å². The van der Waals surface area contributed by atoms with Crippen LogP contribution in [0, 0.1) is 11.3 Å². The van der Waals surface area contributed by atoms with Gasteiger partial charge in [0.1, 0.15) is 0 Å². The maximum absolute atomic E-state index is 9.18. The monoisotopic (exact) mass is 271 g/mol. The van der Waals surface area contributed by atoms with Crippen molar-refractivity contribution in [3.63, 3.8) is 0 Å². The van der Waals surface area contributed by atoms with E-state index in [4.69, 9.17) is 4.74 Å². The molecule has 0 aromatic heterocycles. The zero-order valence-electron chi connectivity index (χ0n) is 11.5. The molecule has 0 unspecified atom stereocenters. The largest absolute Gasteiger partial charge is 0.372 e. The Bertz CT molecular complexity index is 875. The van der Waals surface area contributed by atoms with Crippen LogP contribution in [0.5, 0.6) is 0 Å². The highest BCUT2D eigenvalue weighted by atomic mass is 16.5. The molecule has 3 aromatic rings. The lowest BCUT2D eigenvalue weighted by Crippen LogP contribution is -1.92. The highest BCUT2D eigenvalue weighted by molar-refractivity contribution is 6.00. The van der Waals surface area contributed by atoms with Crippen molar-refractivity contribution in [3.8, 4) is 17.2 Å². The van der Waals surface area contributed by atoms with Gasteiger partial charge in [-0.3, -0.25) is 0 Å². The second-order valence-electron chi connectivity index (χ2n) is 5.30. The summed E-state index contributed by atoms with van der Waals surface area (Å²) in [6.07, 6.45) is 0. The summed E-state index contributed by atoms with van der Waals surface area (Å²) in [7, 11) is 0. The first-order valence-corrected chi connectivity index (χ1v) is 6.98. The first kappa shape index (κ1) is 12.1. The summed E-state index contributed by atoms with van der Waals surface area (Å²) >= 11 is 0. The topological polar surface area (TPSA) is 33.0 Å². The molecule has 1 aliphatic rings. The molecule has 0 amide bonds. The van der Waals surface area contributed by atoms with Crippen LogP contribution >= 0.6 is 0 Å². The molecular weight excluding hydrogens is 258 g/mol. The third kappa shape index (κ3) is 1.91. The van der Waals surface area contributed by atoms with Crippen molar-refractivity contribution < 1.29 is 4.74 Å². The molecule has 21 heavy (non-hydrogen) atoms. The van der Waals surface area contributed by atoms with Gasteiger partial charge in [-0.15, -0.1) is 0 Å². The van der Waals surface area contributed by atoms with E-state index in [0.29, 0.717) is 18.8 Å². The Morgan fingerprint density at radius 3 is 2.62 bits per heavy atom. The molecule has 3 aromatic carbocycles. The molecule has 0 bridgehead atoms. The molecular formula is C19H13NO. The van der Waals surface area contributed by atoms with Crippen molar-refractivity contribution in [3.05, 3.63) is 71.3 Å². The zero-order valence-corrected chi connectivity index (χ0v) is 11.5. The Balaban J connectivity index is 2.13. The molecule has 0 atom stereocenters. The van der Waals surface area contributed by atoms with E-state index in [9.17, 15) is 5.26 Å². The number of nitriles is 1. The van der Waals surface area contributed by atoms with Crippen molar-refractivity contribution >= 4 is 10.8 Å². The molecule has 2 nitrogen and oxygen atoms in total. The van der Waals surface area contributed by atoms with Crippen LogP contribution in [-0.2, 0) is 18.0 Å². The Morgan fingerprint density at radius 2 is 1.81 bits per heavy atom. The van der Waals surface area contributed by atoms with E-state index < -0.39 is 0 Å². The SMILES string of the molecule is N#Cc1ccc2cc3c(c(-c4ccccc4)c2c1)COC3. The Hall–Kier alpha value is -2.63. The molecule has 0 spiro atoms. The maximum Gasteiger partial charge on any atom is 0.0991 e. The minimum atomic E-state index is 0.645. The third-order valence-corrected chi connectivity index (χ3v) is 4.04. The average Bonchev–Trinajstić information content (AvgIpc) is 3.00. The van der Waals surface area contributed by atoms with E-state index in [1.54, 1.807) is 0 Å². The number of hydrogen-bond acceptors (Lipinski definition) is 2. The van der Waals surface area contributed by atoms with Crippen LogP contribution in [-0.4, -0.2) is 0 Å². The van der Waals surface area contributed by atoms with Crippen LogP contribution in [0.2, 0.25) is 0 Å². The molecule has 2 heteroatoms. The minimum Gasteiger partial charge on any atom is -0.372 e. The van der Waals surface area contributed by atoms with Gasteiger partial charge in [0.25, 0.3) is 0 Å². The van der Waals surface area contributed by atoms with Crippen molar-refractivity contribution in [1.82, 2.24) is 0 Å². The van der Waals surface area contributed by atoms with E-state index in [0.717, 1.165) is 10.8 Å². The summed E-state index contributed by atoms with van der Waals surface area (Å²) in [5.41, 5.74) is 5.59. The molecule has 4 rings (SSSR count). The Labute approximate surface area is 123 Å². The summed E-state index contributed by atoms with van der Waals surface area (Å²) in [6, 6.07) is 20.7. The van der Waals surface area contributed by atoms with Gasteiger partial charge < -0.3 is 4.74 Å². The van der Waals surface area contributed by atoms with Crippen LogP contribution < -0.4 is 0 Å². The molecule has 1 aliphatic heterocycles. The van der Waals surface area contributed by atoms with Crippen molar-refractivity contribution in [2.45, 2.75) is 13.2 Å². The minimum absolute atomic E-state index is 0.645. The van der Waals surface area contributed by atoms with Gasteiger partial charge >= 0.3 is 0 Å². The van der Waals surface area contributed by atoms with Gasteiger partial charge in [-0.25, -0.2) is 0 Å². The standard InChI is InChI=1S/C19H13NO/c20-10-13-6-7-15-9-16-11-21-12-18(16)19(17(15)8-13)14-4-2-1-3-5-14/h1-9H,11-12H2. The van der Waals surface area contributed by atoms with E-state index in [1.807, 2.05) is 36.4 Å². The lowest BCUT2D eigenvalue weighted by molar-refractivity contribution is 0.134. The molecule has 0 aliphatic carbocycles. The van der Waals surface area contributed by atoms with Crippen LogP contribution in [0.1, 0.15) is 16.7 Å². The number of nitrogens with zero attached hydrogens (tertiary/aromatic N) is 1. The van der Waals surface area contributed by atoms with Crippen LogP contribution in [0.3, 0.4) is 0 Å². The summed E-state index contributed by atoms with van der Waals surface area (Å²) in [4.78, 5) is 0. The molecule has 0 saturated heterocycles. The molecule has 0 N–H and O–H groups in total. The highest BCUT2D eigenvalue weighted by Crippen LogP contribution is 2.38. The van der Waals surface area contributed by atoms with Gasteiger partial charge in [-0.05, 0) is 51.2 Å². The van der Waals surface area contributed by atoms with E-state index in [2.05, 4.69) is 24.3 Å². The van der Waals surface area contributed by atoms with E-state index in [1.165, 1.54) is 22.3 Å². The normalized spacial score (nSPS) is 13.1. The molecule has 0 saturated carbocycles. The number of benzene rings is 3. The molecule has 1 heterocycles. The number of rotatable bonds is 1. The lowest BCUT2D eigenvalue weighted by atomic mass is 9.90. The fourth-order valence-electron chi connectivity index (χ4n) is 3.06. The fourth-order valence-corrected chi connectivity index (χ4v) is 3.06. The second kappa shape index (κ2) is 4.73. The molecule has 0 fully saturated rings. The zero-order chi connectivity index (χ0) is 14.2. The van der Waals surface area contributed by atoms with Crippen molar-refractivity contribution in [2.24, 2.45) is 0 Å². The van der Waals surface area contributed by atoms with Gasteiger partial charge in [-0.2, -0.15) is 5.26 Å². The quantitative estimate of drug-likeness (QED) is 0.656. The second-order valence-corrected chi connectivity index (χ2v) is 5.30. The van der Waals surface area contributed by atoms with Gasteiger partial charge in [0.15, 0.2) is 0 Å². The van der Waals surface area contributed by atoms with Crippen LogP contribution in [0.15, 0.2) is 54.6 Å². The number of fused-ring (bicyclic) bond motifs is 2. The Kier molecular flexibility index (Phi) is 2.73. The first-order chi connectivity index (χ1) is 10.4. The van der Waals surface area contributed by atoms with Crippen LogP contribution in [0.25, 0.3) is 21.9 Å². The molecule has 0 radical (unpaired) electrons. The van der Waals surface area contributed by atoms with E-state index >= 15 is 0 Å². The molecule has 100 valence electrons. The maximum atomic E-state index is 9.18. The highest BCUT2D eigenvalue weighted by Gasteiger charge is 2.19. The lowest BCUT2D eigenvalue weighted by Gasteiger charge is -2.13. The Morgan fingerprint density at radius 1 is 0.952 bits per heavy atom.